The maximum atomic E-state index is 2.21. The fraction of sp³-hybridized carbons (Fsp3) is 0. The summed E-state index contributed by atoms with van der Waals surface area (Å²) in [7, 11) is 0. The van der Waals surface area contributed by atoms with Crippen molar-refractivity contribution in [2.75, 3.05) is 0 Å². The molecule has 2 heteroatoms. The van der Waals surface area contributed by atoms with Gasteiger partial charge >= 0.3 is 0 Å². The van der Waals surface area contributed by atoms with Crippen LogP contribution >= 0.6 is 22.7 Å². The second-order valence-electron chi connectivity index (χ2n) is 6.22. The Balaban J connectivity index is 0.000000157. The Morgan fingerprint density at radius 1 is 0.286 bits per heavy atom. The molecule has 0 saturated carbocycles. The van der Waals surface area contributed by atoms with Crippen LogP contribution in [0.5, 0.6) is 0 Å². The van der Waals surface area contributed by atoms with E-state index in [1.54, 1.807) is 22.7 Å². The SMILES string of the molecule is c1ccc2c(c1)c1ccccc1c1ccccc21.c1ccsc1.c1ccsc1. The molecular weight excluding hydrogens is 376 g/mol. The van der Waals surface area contributed by atoms with Gasteiger partial charge in [0.15, 0.2) is 0 Å². The van der Waals surface area contributed by atoms with Crippen molar-refractivity contribution in [2.24, 2.45) is 0 Å². The number of benzene rings is 4. The van der Waals surface area contributed by atoms with E-state index in [1.807, 2.05) is 45.8 Å². The predicted molar refractivity (Wildman–Crippen MR) is 128 cm³/mol. The Labute approximate surface area is 173 Å². The molecule has 0 fully saturated rings. The lowest BCUT2D eigenvalue weighted by Gasteiger charge is -2.09. The second-order valence-corrected chi connectivity index (χ2v) is 7.86. The lowest BCUT2D eigenvalue weighted by molar-refractivity contribution is 1.77. The molecule has 2 heterocycles. The lowest BCUT2D eigenvalue weighted by Crippen LogP contribution is -1.81. The van der Waals surface area contributed by atoms with Gasteiger partial charge in [0.2, 0.25) is 0 Å². The van der Waals surface area contributed by atoms with Crippen LogP contribution in [0.3, 0.4) is 0 Å². The highest BCUT2D eigenvalue weighted by Gasteiger charge is 2.06. The Kier molecular flexibility index (Phi) is 6.13. The summed E-state index contributed by atoms with van der Waals surface area (Å²) in [6.07, 6.45) is 0. The van der Waals surface area contributed by atoms with Crippen LogP contribution in [0.4, 0.5) is 0 Å². The molecule has 0 aliphatic carbocycles. The normalized spacial score (nSPS) is 10.1. The number of thiophene rings is 2. The van der Waals surface area contributed by atoms with Crippen molar-refractivity contribution >= 4 is 55.0 Å². The third-order valence-corrected chi connectivity index (χ3v) is 5.76. The van der Waals surface area contributed by atoms with Crippen molar-refractivity contribution in [1.82, 2.24) is 0 Å². The molecule has 0 spiro atoms. The van der Waals surface area contributed by atoms with E-state index in [2.05, 4.69) is 72.8 Å². The molecule has 0 aliphatic heterocycles. The number of hydrogen-bond acceptors (Lipinski definition) is 2. The minimum absolute atomic E-state index is 1.34. The highest BCUT2D eigenvalue weighted by Crippen LogP contribution is 2.34. The molecule has 28 heavy (non-hydrogen) atoms. The van der Waals surface area contributed by atoms with Crippen molar-refractivity contribution in [3.8, 4) is 0 Å². The van der Waals surface area contributed by atoms with E-state index in [1.165, 1.54) is 32.3 Å². The Morgan fingerprint density at radius 2 is 0.500 bits per heavy atom. The molecule has 4 aromatic carbocycles. The molecular formula is C26H20S2. The van der Waals surface area contributed by atoms with Crippen LogP contribution in [0.25, 0.3) is 32.3 Å². The molecule has 6 aromatic rings. The molecule has 0 amide bonds. The van der Waals surface area contributed by atoms with Crippen LogP contribution < -0.4 is 0 Å². The van der Waals surface area contributed by atoms with E-state index in [-0.39, 0.29) is 0 Å². The van der Waals surface area contributed by atoms with Gasteiger partial charge in [-0.05, 0) is 53.8 Å². The van der Waals surface area contributed by atoms with Crippen molar-refractivity contribution in [3.63, 3.8) is 0 Å². The third-order valence-electron chi connectivity index (χ3n) is 4.50. The summed E-state index contributed by atoms with van der Waals surface area (Å²) < 4.78 is 0. The summed E-state index contributed by atoms with van der Waals surface area (Å²) in [5.74, 6) is 0. The number of hydrogen-bond donors (Lipinski definition) is 0. The van der Waals surface area contributed by atoms with Gasteiger partial charge < -0.3 is 0 Å². The van der Waals surface area contributed by atoms with Crippen molar-refractivity contribution in [2.45, 2.75) is 0 Å². The molecule has 0 atom stereocenters. The smallest absolute Gasteiger partial charge is 0.00934 e. The van der Waals surface area contributed by atoms with E-state index in [0.717, 1.165) is 0 Å². The minimum Gasteiger partial charge on any atom is -0.152 e. The van der Waals surface area contributed by atoms with Gasteiger partial charge in [0.05, 0.1) is 0 Å². The van der Waals surface area contributed by atoms with Crippen molar-refractivity contribution < 1.29 is 0 Å². The fourth-order valence-corrected chi connectivity index (χ4v) is 4.22. The van der Waals surface area contributed by atoms with Gasteiger partial charge in [-0.3, -0.25) is 0 Å². The van der Waals surface area contributed by atoms with Crippen LogP contribution in [0.1, 0.15) is 0 Å². The zero-order valence-corrected chi connectivity index (χ0v) is 17.0. The molecule has 2 aromatic heterocycles. The van der Waals surface area contributed by atoms with Crippen molar-refractivity contribution in [3.05, 3.63) is 119 Å². The molecule has 0 bridgehead atoms. The van der Waals surface area contributed by atoms with Gasteiger partial charge in [0.1, 0.15) is 0 Å². The summed E-state index contributed by atoms with van der Waals surface area (Å²) in [6, 6.07) is 34.0. The topological polar surface area (TPSA) is 0 Å². The van der Waals surface area contributed by atoms with E-state index >= 15 is 0 Å². The largest absolute Gasteiger partial charge is 0.152 e. The molecule has 0 saturated heterocycles. The van der Waals surface area contributed by atoms with E-state index < -0.39 is 0 Å². The molecule has 6 rings (SSSR count). The van der Waals surface area contributed by atoms with Crippen LogP contribution in [0, 0.1) is 0 Å². The van der Waals surface area contributed by atoms with Gasteiger partial charge in [-0.2, -0.15) is 22.7 Å². The molecule has 0 nitrogen and oxygen atoms in total. The fourth-order valence-electron chi connectivity index (χ4n) is 3.31. The minimum atomic E-state index is 1.34. The predicted octanol–water partition coefficient (Wildman–Crippen LogP) is 8.64. The summed E-state index contributed by atoms with van der Waals surface area (Å²) in [5.41, 5.74) is 0. The van der Waals surface area contributed by atoms with Gasteiger partial charge in [-0.15, -0.1) is 0 Å². The summed E-state index contributed by atoms with van der Waals surface area (Å²) >= 11 is 3.43. The zero-order chi connectivity index (χ0) is 19.0. The van der Waals surface area contributed by atoms with Gasteiger partial charge in [0, 0.05) is 0 Å². The van der Waals surface area contributed by atoms with E-state index in [4.69, 9.17) is 0 Å². The quantitative estimate of drug-likeness (QED) is 0.225. The van der Waals surface area contributed by atoms with Crippen molar-refractivity contribution in [1.29, 1.82) is 0 Å². The van der Waals surface area contributed by atoms with E-state index in [9.17, 15) is 0 Å². The zero-order valence-electron chi connectivity index (χ0n) is 15.4. The van der Waals surface area contributed by atoms with Crippen LogP contribution in [-0.4, -0.2) is 0 Å². The second kappa shape index (κ2) is 9.32. The highest BCUT2D eigenvalue weighted by atomic mass is 32.1. The molecule has 0 radical (unpaired) electrons. The Bertz CT molecular complexity index is 969. The van der Waals surface area contributed by atoms with Gasteiger partial charge in [-0.25, -0.2) is 0 Å². The standard InChI is InChI=1S/C18H12.2C4H4S/c1-2-8-14-13(7-1)15-9-3-4-11-17(15)18-12-6-5-10-16(14)18;2*1-2-4-5-3-1/h1-12H;2*1-4H. The Morgan fingerprint density at radius 3 is 0.643 bits per heavy atom. The number of fused-ring (bicyclic) bond motifs is 6. The van der Waals surface area contributed by atoms with Crippen LogP contribution in [0.15, 0.2) is 119 Å². The molecule has 136 valence electrons. The third kappa shape index (κ3) is 4.14. The van der Waals surface area contributed by atoms with Crippen LogP contribution in [-0.2, 0) is 0 Å². The molecule has 0 aliphatic rings. The summed E-state index contributed by atoms with van der Waals surface area (Å²) in [6.45, 7) is 0. The molecule has 0 unspecified atom stereocenters. The summed E-state index contributed by atoms with van der Waals surface area (Å²) in [4.78, 5) is 0. The van der Waals surface area contributed by atoms with Gasteiger partial charge in [0.25, 0.3) is 0 Å². The first kappa shape index (κ1) is 18.4. The first-order valence-corrected chi connectivity index (χ1v) is 11.1. The highest BCUT2D eigenvalue weighted by molar-refractivity contribution is 7.08. The first-order chi connectivity index (χ1) is 13.9. The summed E-state index contributed by atoms with van der Waals surface area (Å²) in [5, 5.41) is 16.2. The Hall–Kier alpha value is -2.94. The van der Waals surface area contributed by atoms with Crippen LogP contribution in [0.2, 0.25) is 0 Å². The van der Waals surface area contributed by atoms with E-state index in [0.29, 0.717) is 0 Å². The maximum Gasteiger partial charge on any atom is -0.00934 e. The number of rotatable bonds is 0. The lowest BCUT2D eigenvalue weighted by atomic mass is 9.95. The average Bonchev–Trinajstić information content (AvgIpc) is 3.53. The average molecular weight is 397 g/mol. The van der Waals surface area contributed by atoms with Gasteiger partial charge in [-0.1, -0.05) is 97.1 Å². The molecule has 0 N–H and O–H groups in total. The maximum absolute atomic E-state index is 2.21. The monoisotopic (exact) mass is 396 g/mol. The first-order valence-electron chi connectivity index (χ1n) is 9.17.